The summed E-state index contributed by atoms with van der Waals surface area (Å²) in [4.78, 5) is 9.49. The van der Waals surface area contributed by atoms with Crippen LogP contribution in [0.3, 0.4) is 0 Å². The highest BCUT2D eigenvalue weighted by atomic mass is 16.3. The molecule has 3 nitrogen and oxygen atoms in total. The summed E-state index contributed by atoms with van der Waals surface area (Å²) in [7, 11) is 0. The van der Waals surface area contributed by atoms with Gasteiger partial charge in [-0.05, 0) is 74.0 Å². The van der Waals surface area contributed by atoms with Crippen LogP contribution in [0.2, 0.25) is 0 Å². The quantitative estimate of drug-likeness (QED) is 0.183. The minimum atomic E-state index is 0.915. The van der Waals surface area contributed by atoms with Crippen molar-refractivity contribution in [2.45, 2.75) is 0 Å². The van der Waals surface area contributed by atoms with Crippen molar-refractivity contribution in [3.05, 3.63) is 170 Å². The highest BCUT2D eigenvalue weighted by Gasteiger charge is 2.14. The van der Waals surface area contributed by atoms with Crippen molar-refractivity contribution in [1.82, 2.24) is 9.97 Å². The Balaban J connectivity index is 0.995. The molecule has 0 saturated carbocycles. The molecular weight excluding hydrogens is 597 g/mol. The fourth-order valence-electron chi connectivity index (χ4n) is 7.39. The van der Waals surface area contributed by atoms with Crippen LogP contribution in [0, 0.1) is 0 Å². The van der Waals surface area contributed by atoms with Gasteiger partial charge in [-0.1, -0.05) is 133 Å². The van der Waals surface area contributed by atoms with E-state index in [9.17, 15) is 0 Å². The first-order valence-corrected chi connectivity index (χ1v) is 16.6. The van der Waals surface area contributed by atoms with Gasteiger partial charge in [0.15, 0.2) is 0 Å². The maximum atomic E-state index is 6.34. The fourth-order valence-corrected chi connectivity index (χ4v) is 7.39. The van der Waals surface area contributed by atoms with E-state index in [1.807, 2.05) is 12.1 Å². The van der Waals surface area contributed by atoms with Gasteiger partial charge in [0.05, 0.1) is 11.0 Å². The molecule has 0 atom stereocenters. The molecule has 49 heavy (non-hydrogen) atoms. The number of furan rings is 1. The van der Waals surface area contributed by atoms with Crippen LogP contribution >= 0.6 is 0 Å². The molecule has 0 bridgehead atoms. The first kappa shape index (κ1) is 27.5. The van der Waals surface area contributed by atoms with Crippen molar-refractivity contribution in [1.29, 1.82) is 0 Å². The van der Waals surface area contributed by atoms with E-state index in [0.29, 0.717) is 0 Å². The van der Waals surface area contributed by atoms with Gasteiger partial charge in [-0.25, -0.2) is 0 Å². The molecule has 10 aromatic rings. The molecule has 228 valence electrons. The van der Waals surface area contributed by atoms with Gasteiger partial charge in [0, 0.05) is 39.5 Å². The summed E-state index contributed by atoms with van der Waals surface area (Å²) in [6.45, 7) is 0. The molecule has 3 heteroatoms. The van der Waals surface area contributed by atoms with Crippen LogP contribution in [0.5, 0.6) is 0 Å². The Morgan fingerprint density at radius 3 is 1.59 bits per heavy atom. The van der Waals surface area contributed by atoms with Crippen LogP contribution in [-0.2, 0) is 0 Å². The summed E-state index contributed by atoms with van der Waals surface area (Å²) in [5.41, 5.74) is 13.0. The number of rotatable bonds is 4. The molecular formula is C46H28N2O. The predicted octanol–water partition coefficient (Wildman–Crippen LogP) is 12.5. The molecule has 8 aromatic carbocycles. The van der Waals surface area contributed by atoms with Gasteiger partial charge < -0.3 is 4.42 Å². The fraction of sp³-hybridized carbons (Fsp3) is 0. The Hall–Kier alpha value is -6.58. The van der Waals surface area contributed by atoms with E-state index in [2.05, 4.69) is 146 Å². The largest absolute Gasteiger partial charge is 0.455 e. The molecule has 0 N–H and O–H groups in total. The van der Waals surface area contributed by atoms with E-state index in [1.54, 1.807) is 12.4 Å². The topological polar surface area (TPSA) is 38.9 Å². The summed E-state index contributed by atoms with van der Waals surface area (Å²) < 4.78 is 6.34. The molecule has 0 unspecified atom stereocenters. The molecule has 0 aliphatic heterocycles. The van der Waals surface area contributed by atoms with Crippen molar-refractivity contribution >= 4 is 54.5 Å². The van der Waals surface area contributed by atoms with Crippen LogP contribution in [-0.4, -0.2) is 9.97 Å². The lowest BCUT2D eigenvalue weighted by Crippen LogP contribution is -1.89. The number of fused-ring (bicyclic) bond motifs is 9. The number of para-hydroxylation sites is 2. The first-order valence-electron chi connectivity index (χ1n) is 16.6. The Labute approximate surface area is 282 Å². The number of aromatic nitrogens is 2. The summed E-state index contributed by atoms with van der Waals surface area (Å²) >= 11 is 0. The van der Waals surface area contributed by atoms with Crippen LogP contribution in [0.4, 0.5) is 0 Å². The summed E-state index contributed by atoms with van der Waals surface area (Å²) in [5, 5.41) is 6.93. The monoisotopic (exact) mass is 624 g/mol. The number of benzene rings is 8. The van der Waals surface area contributed by atoms with Gasteiger partial charge in [0.25, 0.3) is 0 Å². The predicted molar refractivity (Wildman–Crippen MR) is 204 cm³/mol. The van der Waals surface area contributed by atoms with E-state index >= 15 is 0 Å². The molecule has 0 radical (unpaired) electrons. The van der Waals surface area contributed by atoms with E-state index in [4.69, 9.17) is 14.4 Å². The van der Waals surface area contributed by atoms with E-state index in [-0.39, 0.29) is 0 Å². The third-order valence-electron chi connectivity index (χ3n) is 9.77. The molecule has 0 spiro atoms. The first-order chi connectivity index (χ1) is 24.3. The lowest BCUT2D eigenvalue weighted by atomic mass is 9.93. The molecule has 0 saturated heterocycles. The molecule has 10 rings (SSSR count). The Morgan fingerprint density at radius 1 is 0.327 bits per heavy atom. The maximum Gasteiger partial charge on any atom is 0.143 e. The molecule has 2 aromatic heterocycles. The third kappa shape index (κ3) is 4.51. The van der Waals surface area contributed by atoms with Crippen molar-refractivity contribution in [3.63, 3.8) is 0 Å². The second-order valence-corrected chi connectivity index (χ2v) is 12.6. The second-order valence-electron chi connectivity index (χ2n) is 12.6. The zero-order valence-corrected chi connectivity index (χ0v) is 26.5. The Bertz CT molecular complexity index is 2850. The molecule has 2 heterocycles. The second kappa shape index (κ2) is 11.0. The maximum absolute atomic E-state index is 6.34. The normalized spacial score (nSPS) is 11.7. The standard InChI is InChI=1S/C46H28N2O/c1-2-14-40-37(12-1)38-23-22-34(28-42(38)45-44(40)47-24-25-48-45)33-10-5-8-31(26-33)29-18-20-30(21-19-29)32-9-6-11-35(27-32)36-15-7-16-41-39-13-3-4-17-43(39)49-46(36)41/h1-28H. The molecule has 0 aliphatic carbocycles. The lowest BCUT2D eigenvalue weighted by molar-refractivity contribution is 0.670. The SMILES string of the molecule is c1cc(-c2ccc(-c3cccc(-c4cccc5c4oc4ccccc45)c3)cc2)cc(-c2ccc3c4ccccc4c4nccnc4c3c2)c1. The zero-order valence-electron chi connectivity index (χ0n) is 26.5. The van der Waals surface area contributed by atoms with Crippen molar-refractivity contribution in [2.75, 3.05) is 0 Å². The summed E-state index contributed by atoms with van der Waals surface area (Å²) in [6.07, 6.45) is 3.56. The van der Waals surface area contributed by atoms with Crippen LogP contribution in [0.15, 0.2) is 175 Å². The van der Waals surface area contributed by atoms with Gasteiger partial charge in [0.2, 0.25) is 0 Å². The number of hydrogen-bond donors (Lipinski definition) is 0. The zero-order chi connectivity index (χ0) is 32.3. The van der Waals surface area contributed by atoms with Crippen LogP contribution < -0.4 is 0 Å². The number of nitrogens with zero attached hydrogens (tertiary/aromatic N) is 2. The van der Waals surface area contributed by atoms with Crippen molar-refractivity contribution in [2.24, 2.45) is 0 Å². The molecule has 0 aliphatic rings. The average molecular weight is 625 g/mol. The minimum absolute atomic E-state index is 0.915. The van der Waals surface area contributed by atoms with Crippen LogP contribution in [0.25, 0.3) is 99.0 Å². The van der Waals surface area contributed by atoms with Crippen molar-refractivity contribution in [3.8, 4) is 44.5 Å². The highest BCUT2D eigenvalue weighted by Crippen LogP contribution is 2.38. The molecule has 0 fully saturated rings. The van der Waals surface area contributed by atoms with Crippen molar-refractivity contribution < 1.29 is 4.42 Å². The Kier molecular flexibility index (Phi) is 6.18. The van der Waals surface area contributed by atoms with E-state index < -0.39 is 0 Å². The summed E-state index contributed by atoms with van der Waals surface area (Å²) in [6, 6.07) is 56.2. The van der Waals surface area contributed by atoms with Gasteiger partial charge >= 0.3 is 0 Å². The van der Waals surface area contributed by atoms with Crippen LogP contribution in [0.1, 0.15) is 0 Å². The third-order valence-corrected chi connectivity index (χ3v) is 9.77. The number of hydrogen-bond acceptors (Lipinski definition) is 3. The van der Waals surface area contributed by atoms with Gasteiger partial charge in [-0.3, -0.25) is 9.97 Å². The molecule has 0 amide bonds. The Morgan fingerprint density at radius 2 is 0.837 bits per heavy atom. The lowest BCUT2D eigenvalue weighted by Gasteiger charge is -2.12. The van der Waals surface area contributed by atoms with Gasteiger partial charge in [-0.15, -0.1) is 0 Å². The summed E-state index contributed by atoms with van der Waals surface area (Å²) in [5.74, 6) is 0. The smallest absolute Gasteiger partial charge is 0.143 e. The average Bonchev–Trinajstić information content (AvgIpc) is 3.57. The van der Waals surface area contributed by atoms with Gasteiger partial charge in [-0.2, -0.15) is 0 Å². The minimum Gasteiger partial charge on any atom is -0.455 e. The van der Waals surface area contributed by atoms with E-state index in [0.717, 1.165) is 60.4 Å². The van der Waals surface area contributed by atoms with Gasteiger partial charge in [0.1, 0.15) is 11.2 Å². The van der Waals surface area contributed by atoms with E-state index in [1.165, 1.54) is 38.6 Å². The highest BCUT2D eigenvalue weighted by molar-refractivity contribution is 6.23.